The molecule has 2 saturated heterocycles. The number of nitrogens with one attached hydrogen (secondary N) is 1. The van der Waals surface area contributed by atoms with Gasteiger partial charge in [-0.25, -0.2) is 0 Å². The van der Waals surface area contributed by atoms with Gasteiger partial charge in [0.1, 0.15) is 0 Å². The second-order valence-electron chi connectivity index (χ2n) is 6.21. The molecule has 0 aromatic rings. The molecule has 0 saturated carbocycles. The van der Waals surface area contributed by atoms with Gasteiger partial charge in [-0.2, -0.15) is 0 Å². The van der Waals surface area contributed by atoms with Crippen molar-refractivity contribution in [2.75, 3.05) is 39.9 Å². The van der Waals surface area contributed by atoms with E-state index in [1.54, 1.807) is 0 Å². The Bertz CT molecular complexity index is 253. The first-order valence-electron chi connectivity index (χ1n) is 7.70. The van der Waals surface area contributed by atoms with E-state index in [4.69, 9.17) is 4.74 Å². The van der Waals surface area contributed by atoms with Crippen molar-refractivity contribution < 1.29 is 4.74 Å². The van der Waals surface area contributed by atoms with Crippen LogP contribution in [-0.2, 0) is 4.74 Å². The van der Waals surface area contributed by atoms with Crippen LogP contribution in [0.15, 0.2) is 0 Å². The summed E-state index contributed by atoms with van der Waals surface area (Å²) in [4.78, 5) is 2.68. The molecule has 0 aliphatic carbocycles. The molecule has 2 heterocycles. The van der Waals surface area contributed by atoms with Gasteiger partial charge in [-0.15, -0.1) is 0 Å². The maximum atomic E-state index is 5.66. The topological polar surface area (TPSA) is 24.5 Å². The summed E-state index contributed by atoms with van der Waals surface area (Å²) in [5.41, 5.74) is 0.602. The summed E-state index contributed by atoms with van der Waals surface area (Å²) in [5.74, 6) is 0.674. The smallest absolute Gasteiger partial charge is 0.0521 e. The van der Waals surface area contributed by atoms with Crippen molar-refractivity contribution in [1.82, 2.24) is 10.2 Å². The van der Waals surface area contributed by atoms with Crippen molar-refractivity contribution >= 4 is 0 Å². The van der Waals surface area contributed by atoms with Gasteiger partial charge in [-0.1, -0.05) is 13.8 Å². The molecule has 2 aliphatic heterocycles. The summed E-state index contributed by atoms with van der Waals surface area (Å²) >= 11 is 0. The Morgan fingerprint density at radius 2 is 2.11 bits per heavy atom. The summed E-state index contributed by atoms with van der Waals surface area (Å²) in [5, 5.41) is 3.47. The molecule has 0 aromatic carbocycles. The van der Waals surface area contributed by atoms with Crippen LogP contribution in [0.5, 0.6) is 0 Å². The van der Waals surface area contributed by atoms with E-state index in [2.05, 4.69) is 31.1 Å². The fraction of sp³-hybridized carbons (Fsp3) is 1.00. The third-order valence-corrected chi connectivity index (χ3v) is 5.36. The third-order valence-electron chi connectivity index (χ3n) is 5.36. The number of likely N-dealkylation sites (tertiary alicyclic amines) is 1. The third kappa shape index (κ3) is 3.06. The van der Waals surface area contributed by atoms with Crippen LogP contribution in [0.3, 0.4) is 0 Å². The zero-order valence-corrected chi connectivity index (χ0v) is 12.4. The van der Waals surface area contributed by atoms with Crippen molar-refractivity contribution in [2.45, 2.75) is 45.6 Å². The Morgan fingerprint density at radius 1 is 1.33 bits per heavy atom. The molecule has 3 nitrogen and oxygen atoms in total. The molecule has 106 valence electrons. The van der Waals surface area contributed by atoms with Crippen LogP contribution >= 0.6 is 0 Å². The van der Waals surface area contributed by atoms with Crippen LogP contribution in [0.25, 0.3) is 0 Å². The molecule has 2 atom stereocenters. The predicted molar refractivity (Wildman–Crippen MR) is 75.8 cm³/mol. The average Bonchev–Trinajstić information content (AvgIpc) is 2.83. The first kappa shape index (κ1) is 14.3. The van der Waals surface area contributed by atoms with E-state index in [0.29, 0.717) is 17.4 Å². The molecular formula is C15H30N2O. The van der Waals surface area contributed by atoms with Crippen molar-refractivity contribution in [2.24, 2.45) is 11.3 Å². The highest BCUT2D eigenvalue weighted by atomic mass is 16.5. The summed E-state index contributed by atoms with van der Waals surface area (Å²) in [7, 11) is 2.09. The molecule has 18 heavy (non-hydrogen) atoms. The molecular weight excluding hydrogens is 224 g/mol. The molecule has 0 bridgehead atoms. The van der Waals surface area contributed by atoms with Gasteiger partial charge < -0.3 is 15.0 Å². The number of nitrogens with zero attached hydrogens (tertiary/aromatic N) is 1. The summed E-state index contributed by atoms with van der Waals surface area (Å²) in [6.07, 6.45) is 5.22. The molecule has 2 fully saturated rings. The monoisotopic (exact) mass is 254 g/mol. The van der Waals surface area contributed by atoms with Crippen LogP contribution in [0.4, 0.5) is 0 Å². The molecule has 0 aromatic heterocycles. The first-order chi connectivity index (χ1) is 8.73. The lowest BCUT2D eigenvalue weighted by molar-refractivity contribution is 0.0198. The largest absolute Gasteiger partial charge is 0.381 e. The Kier molecular flexibility index (Phi) is 5.05. The van der Waals surface area contributed by atoms with Crippen molar-refractivity contribution in [3.05, 3.63) is 0 Å². The van der Waals surface area contributed by atoms with Crippen LogP contribution in [0.2, 0.25) is 0 Å². The first-order valence-corrected chi connectivity index (χ1v) is 7.70. The molecule has 2 rings (SSSR count). The van der Waals surface area contributed by atoms with Crippen molar-refractivity contribution in [3.63, 3.8) is 0 Å². The quantitative estimate of drug-likeness (QED) is 0.813. The van der Waals surface area contributed by atoms with E-state index in [9.17, 15) is 0 Å². The SMILES string of the molecule is CCC1(CC)CCN(CC2COCCC2NC)C1. The number of hydrogen-bond acceptors (Lipinski definition) is 3. The maximum Gasteiger partial charge on any atom is 0.0521 e. The van der Waals surface area contributed by atoms with Gasteiger partial charge >= 0.3 is 0 Å². The van der Waals surface area contributed by atoms with Gasteiger partial charge in [0.25, 0.3) is 0 Å². The molecule has 3 heteroatoms. The van der Waals surface area contributed by atoms with Crippen LogP contribution in [0, 0.1) is 11.3 Å². The van der Waals surface area contributed by atoms with E-state index < -0.39 is 0 Å². The lowest BCUT2D eigenvalue weighted by Crippen LogP contribution is -2.46. The lowest BCUT2D eigenvalue weighted by Gasteiger charge is -2.35. The Labute approximate surface area is 112 Å². The number of hydrogen-bond donors (Lipinski definition) is 1. The molecule has 0 spiro atoms. The van der Waals surface area contributed by atoms with Crippen LogP contribution in [0.1, 0.15) is 39.5 Å². The van der Waals surface area contributed by atoms with Gasteiger partial charge in [0.2, 0.25) is 0 Å². The van der Waals surface area contributed by atoms with Crippen molar-refractivity contribution in [3.8, 4) is 0 Å². The Hall–Kier alpha value is -0.120. The number of rotatable bonds is 5. The van der Waals surface area contributed by atoms with Gasteiger partial charge in [-0.05, 0) is 44.7 Å². The van der Waals surface area contributed by atoms with Gasteiger partial charge in [0, 0.05) is 31.7 Å². The Balaban J connectivity index is 1.86. The lowest BCUT2D eigenvalue weighted by atomic mass is 9.82. The standard InChI is InChI=1S/C15H30N2O/c1-4-15(5-2)7-8-17(12-15)10-13-11-18-9-6-14(13)16-3/h13-14,16H,4-12H2,1-3H3. The van der Waals surface area contributed by atoms with E-state index in [-0.39, 0.29) is 0 Å². The highest BCUT2D eigenvalue weighted by Crippen LogP contribution is 2.37. The fourth-order valence-corrected chi connectivity index (χ4v) is 3.70. The Morgan fingerprint density at radius 3 is 2.72 bits per heavy atom. The maximum absolute atomic E-state index is 5.66. The van der Waals surface area contributed by atoms with Crippen LogP contribution < -0.4 is 5.32 Å². The summed E-state index contributed by atoms with van der Waals surface area (Å²) in [6.45, 7) is 10.4. The second-order valence-corrected chi connectivity index (χ2v) is 6.21. The molecule has 0 radical (unpaired) electrons. The second kappa shape index (κ2) is 6.36. The van der Waals surface area contributed by atoms with E-state index in [1.165, 1.54) is 45.3 Å². The molecule has 1 N–H and O–H groups in total. The highest BCUT2D eigenvalue weighted by Gasteiger charge is 2.36. The fourth-order valence-electron chi connectivity index (χ4n) is 3.70. The van der Waals surface area contributed by atoms with Gasteiger partial charge in [0.05, 0.1) is 6.61 Å². The minimum Gasteiger partial charge on any atom is -0.381 e. The molecule has 2 unspecified atom stereocenters. The van der Waals surface area contributed by atoms with E-state index in [0.717, 1.165) is 13.2 Å². The average molecular weight is 254 g/mol. The highest BCUT2D eigenvalue weighted by molar-refractivity contribution is 4.90. The van der Waals surface area contributed by atoms with E-state index in [1.807, 2.05) is 0 Å². The zero-order chi connectivity index (χ0) is 13.0. The summed E-state index contributed by atoms with van der Waals surface area (Å²) in [6, 6.07) is 0.650. The van der Waals surface area contributed by atoms with Gasteiger partial charge in [-0.3, -0.25) is 0 Å². The zero-order valence-electron chi connectivity index (χ0n) is 12.4. The normalized spacial score (nSPS) is 32.8. The number of ether oxygens (including phenoxy) is 1. The minimum absolute atomic E-state index is 0.602. The summed E-state index contributed by atoms with van der Waals surface area (Å²) < 4.78 is 5.66. The predicted octanol–water partition coefficient (Wildman–Crippen LogP) is 2.12. The van der Waals surface area contributed by atoms with Crippen molar-refractivity contribution in [1.29, 1.82) is 0 Å². The van der Waals surface area contributed by atoms with E-state index >= 15 is 0 Å². The molecule has 2 aliphatic rings. The van der Waals surface area contributed by atoms with Crippen LogP contribution in [-0.4, -0.2) is 50.8 Å². The van der Waals surface area contributed by atoms with Gasteiger partial charge in [0.15, 0.2) is 0 Å². The molecule has 0 amide bonds. The minimum atomic E-state index is 0.602.